The molecule has 0 unspecified atom stereocenters. The number of methoxy groups -OCH3 is 2. The van der Waals surface area contributed by atoms with E-state index < -0.39 is 0 Å². The van der Waals surface area contributed by atoms with Gasteiger partial charge >= 0.3 is 0 Å². The van der Waals surface area contributed by atoms with E-state index in [2.05, 4.69) is 10.3 Å². The van der Waals surface area contributed by atoms with E-state index in [-0.39, 0.29) is 5.91 Å². The van der Waals surface area contributed by atoms with Crippen LogP contribution < -0.4 is 14.8 Å². The third-order valence-electron chi connectivity index (χ3n) is 2.56. The summed E-state index contributed by atoms with van der Waals surface area (Å²) >= 11 is 0. The van der Waals surface area contributed by atoms with E-state index in [1.807, 2.05) is 0 Å². The molecule has 1 aromatic heterocycles. The predicted octanol–water partition coefficient (Wildman–Crippen LogP) is 2.35. The normalized spacial score (nSPS) is 9.79. The highest BCUT2D eigenvalue weighted by molar-refractivity contribution is 6.04. The molecule has 1 aromatic carbocycles. The van der Waals surface area contributed by atoms with E-state index in [1.165, 1.54) is 7.11 Å². The second kappa shape index (κ2) is 5.86. The van der Waals surface area contributed by atoms with Crippen LogP contribution in [0.15, 0.2) is 42.6 Å². The fourth-order valence-corrected chi connectivity index (χ4v) is 1.52. The van der Waals surface area contributed by atoms with Crippen LogP contribution in [0.4, 0.5) is 5.69 Å². The third kappa shape index (κ3) is 3.22. The van der Waals surface area contributed by atoms with Crippen LogP contribution in [0.5, 0.6) is 11.6 Å². The highest BCUT2D eigenvalue weighted by atomic mass is 16.5. The summed E-state index contributed by atoms with van der Waals surface area (Å²) in [4.78, 5) is 16.0. The molecule has 1 amide bonds. The number of rotatable bonds is 4. The van der Waals surface area contributed by atoms with Gasteiger partial charge in [0.05, 0.1) is 26.1 Å². The molecule has 5 nitrogen and oxygen atoms in total. The number of ether oxygens (including phenoxy) is 2. The number of hydrogen-bond acceptors (Lipinski definition) is 4. The quantitative estimate of drug-likeness (QED) is 0.914. The summed E-state index contributed by atoms with van der Waals surface area (Å²) in [6.07, 6.45) is 1.54. The molecule has 0 aliphatic carbocycles. The number of carbonyl (C=O) groups is 1. The molecule has 1 heterocycles. The average Bonchev–Trinajstić information content (AvgIpc) is 2.48. The Balaban J connectivity index is 2.06. The van der Waals surface area contributed by atoms with E-state index in [0.29, 0.717) is 22.9 Å². The molecule has 0 saturated carbocycles. The number of carbonyl (C=O) groups excluding carboxylic acids is 1. The molecule has 0 aliphatic heterocycles. The van der Waals surface area contributed by atoms with Crippen LogP contribution in [0.2, 0.25) is 0 Å². The smallest absolute Gasteiger partial charge is 0.255 e. The maximum Gasteiger partial charge on any atom is 0.255 e. The van der Waals surface area contributed by atoms with Gasteiger partial charge in [0.1, 0.15) is 5.75 Å². The molecule has 0 spiro atoms. The summed E-state index contributed by atoms with van der Waals surface area (Å²) in [6.45, 7) is 0. The van der Waals surface area contributed by atoms with Gasteiger partial charge in [-0.2, -0.15) is 0 Å². The zero-order chi connectivity index (χ0) is 13.7. The second-order valence-electron chi connectivity index (χ2n) is 3.77. The standard InChI is InChI=1S/C14H14N2O3/c1-18-12-6-3-10(4-7-12)14(17)16-11-5-8-13(19-2)15-9-11/h3-9H,1-2H3,(H,16,17). The molecule has 0 atom stereocenters. The Hall–Kier alpha value is -2.56. The van der Waals surface area contributed by atoms with Gasteiger partial charge in [0.25, 0.3) is 5.91 Å². The number of aromatic nitrogens is 1. The lowest BCUT2D eigenvalue weighted by molar-refractivity contribution is 0.102. The van der Waals surface area contributed by atoms with E-state index in [9.17, 15) is 4.79 Å². The first-order valence-electron chi connectivity index (χ1n) is 5.68. The van der Waals surface area contributed by atoms with Crippen molar-refractivity contribution in [3.8, 4) is 11.6 Å². The van der Waals surface area contributed by atoms with Gasteiger partial charge in [-0.25, -0.2) is 4.98 Å². The van der Waals surface area contributed by atoms with E-state index in [0.717, 1.165) is 0 Å². The Kier molecular flexibility index (Phi) is 3.97. The second-order valence-corrected chi connectivity index (χ2v) is 3.77. The molecule has 0 aliphatic rings. The largest absolute Gasteiger partial charge is 0.497 e. The molecule has 5 heteroatoms. The molecule has 98 valence electrons. The molecule has 1 N–H and O–H groups in total. The van der Waals surface area contributed by atoms with Crippen molar-refractivity contribution in [2.75, 3.05) is 19.5 Å². The van der Waals surface area contributed by atoms with Crippen molar-refractivity contribution in [2.24, 2.45) is 0 Å². The summed E-state index contributed by atoms with van der Waals surface area (Å²) in [6, 6.07) is 10.3. The topological polar surface area (TPSA) is 60.5 Å². The van der Waals surface area contributed by atoms with Crippen LogP contribution in [0.3, 0.4) is 0 Å². The fourth-order valence-electron chi connectivity index (χ4n) is 1.52. The number of amides is 1. The molecule has 0 radical (unpaired) electrons. The van der Waals surface area contributed by atoms with Crippen molar-refractivity contribution < 1.29 is 14.3 Å². The molecule has 0 bridgehead atoms. The minimum atomic E-state index is -0.199. The van der Waals surface area contributed by atoms with Crippen LogP contribution in [-0.4, -0.2) is 25.1 Å². The Morgan fingerprint density at radius 3 is 2.32 bits per heavy atom. The minimum Gasteiger partial charge on any atom is -0.497 e. The van der Waals surface area contributed by atoms with Crippen LogP contribution in [0, 0.1) is 0 Å². The summed E-state index contributed by atoms with van der Waals surface area (Å²) < 4.78 is 9.98. The van der Waals surface area contributed by atoms with Crippen LogP contribution in [0.1, 0.15) is 10.4 Å². The van der Waals surface area contributed by atoms with Gasteiger partial charge in [-0.3, -0.25) is 4.79 Å². The average molecular weight is 258 g/mol. The first kappa shape index (κ1) is 12.9. The third-order valence-corrected chi connectivity index (χ3v) is 2.56. The van der Waals surface area contributed by atoms with Gasteiger partial charge < -0.3 is 14.8 Å². The molecule has 0 fully saturated rings. The summed E-state index contributed by atoms with van der Waals surface area (Å²) in [5, 5.41) is 2.75. The highest BCUT2D eigenvalue weighted by Gasteiger charge is 2.06. The lowest BCUT2D eigenvalue weighted by atomic mass is 10.2. The van der Waals surface area contributed by atoms with Gasteiger partial charge in [-0.15, -0.1) is 0 Å². The fraction of sp³-hybridized carbons (Fsp3) is 0.143. The molecular formula is C14H14N2O3. The van der Waals surface area contributed by atoms with Crippen molar-refractivity contribution in [2.45, 2.75) is 0 Å². The zero-order valence-corrected chi connectivity index (χ0v) is 10.7. The lowest BCUT2D eigenvalue weighted by Gasteiger charge is -2.06. The maximum atomic E-state index is 12.0. The Labute approximate surface area is 111 Å². The Morgan fingerprint density at radius 2 is 1.79 bits per heavy atom. The lowest BCUT2D eigenvalue weighted by Crippen LogP contribution is -2.11. The van der Waals surface area contributed by atoms with Crippen molar-refractivity contribution in [1.82, 2.24) is 4.98 Å². The number of pyridine rings is 1. The minimum absolute atomic E-state index is 0.199. The van der Waals surface area contributed by atoms with Crippen LogP contribution in [-0.2, 0) is 0 Å². The molecular weight excluding hydrogens is 244 g/mol. The molecule has 2 rings (SSSR count). The summed E-state index contributed by atoms with van der Waals surface area (Å²) in [5.41, 5.74) is 1.17. The highest BCUT2D eigenvalue weighted by Crippen LogP contribution is 2.14. The summed E-state index contributed by atoms with van der Waals surface area (Å²) in [7, 11) is 3.12. The van der Waals surface area contributed by atoms with E-state index in [1.54, 1.807) is 49.7 Å². The van der Waals surface area contributed by atoms with Gasteiger partial charge in [0.15, 0.2) is 0 Å². The SMILES string of the molecule is COc1ccc(C(=O)Nc2ccc(OC)nc2)cc1. The Morgan fingerprint density at radius 1 is 1.05 bits per heavy atom. The van der Waals surface area contributed by atoms with Crippen molar-refractivity contribution in [3.63, 3.8) is 0 Å². The van der Waals surface area contributed by atoms with Crippen LogP contribution in [0.25, 0.3) is 0 Å². The van der Waals surface area contributed by atoms with Gasteiger partial charge in [-0.05, 0) is 30.3 Å². The monoisotopic (exact) mass is 258 g/mol. The Bertz CT molecular complexity index is 550. The molecule has 0 saturated heterocycles. The van der Waals surface area contributed by atoms with E-state index in [4.69, 9.17) is 9.47 Å². The first-order valence-corrected chi connectivity index (χ1v) is 5.68. The maximum absolute atomic E-state index is 12.0. The predicted molar refractivity (Wildman–Crippen MR) is 71.7 cm³/mol. The number of anilines is 1. The van der Waals surface area contributed by atoms with Crippen LogP contribution >= 0.6 is 0 Å². The van der Waals surface area contributed by atoms with Crippen molar-refractivity contribution in [1.29, 1.82) is 0 Å². The molecule has 2 aromatic rings. The van der Waals surface area contributed by atoms with Crippen molar-refractivity contribution >= 4 is 11.6 Å². The molecule has 19 heavy (non-hydrogen) atoms. The summed E-state index contributed by atoms with van der Waals surface area (Å²) in [5.74, 6) is 1.01. The number of hydrogen-bond donors (Lipinski definition) is 1. The number of nitrogens with zero attached hydrogens (tertiary/aromatic N) is 1. The van der Waals surface area contributed by atoms with Gasteiger partial charge in [0, 0.05) is 11.6 Å². The van der Waals surface area contributed by atoms with E-state index >= 15 is 0 Å². The van der Waals surface area contributed by atoms with Gasteiger partial charge in [0.2, 0.25) is 5.88 Å². The van der Waals surface area contributed by atoms with Crippen molar-refractivity contribution in [3.05, 3.63) is 48.2 Å². The zero-order valence-electron chi connectivity index (χ0n) is 10.7. The first-order chi connectivity index (χ1) is 9.22. The number of nitrogens with one attached hydrogen (secondary N) is 1. The van der Waals surface area contributed by atoms with Gasteiger partial charge in [-0.1, -0.05) is 0 Å². The number of benzene rings is 1.